The Hall–Kier alpha value is -4.62. The van der Waals surface area contributed by atoms with Crippen LogP contribution in [-0.4, -0.2) is 60.7 Å². The highest BCUT2D eigenvalue weighted by atomic mass is 35.5. The van der Waals surface area contributed by atoms with E-state index in [2.05, 4.69) is 10.2 Å². The van der Waals surface area contributed by atoms with Crippen LogP contribution in [0.3, 0.4) is 0 Å². The number of piperazine rings is 1. The van der Waals surface area contributed by atoms with Crippen LogP contribution in [0.1, 0.15) is 36.6 Å². The maximum absolute atomic E-state index is 13.8. The van der Waals surface area contributed by atoms with E-state index in [1.165, 1.54) is 0 Å². The van der Waals surface area contributed by atoms with Gasteiger partial charge >= 0.3 is 0 Å². The number of nitrogens with zero attached hydrogens (tertiary/aromatic N) is 3. The van der Waals surface area contributed by atoms with Crippen LogP contribution in [0.15, 0.2) is 103 Å². The first-order valence-corrected chi connectivity index (χ1v) is 13.9. The van der Waals surface area contributed by atoms with Crippen LogP contribution >= 0.6 is 11.6 Å². The molecule has 0 aliphatic carbocycles. The van der Waals surface area contributed by atoms with Gasteiger partial charge in [0, 0.05) is 67.3 Å². The number of hydrogen-bond acceptors (Lipinski definition) is 4. The minimum atomic E-state index is -0.247. The maximum Gasteiger partial charge on any atom is 0.256 e. The van der Waals surface area contributed by atoms with Crippen molar-refractivity contribution in [3.05, 3.63) is 130 Å². The molecule has 0 aromatic heterocycles. The van der Waals surface area contributed by atoms with E-state index in [0.29, 0.717) is 60.1 Å². The summed E-state index contributed by atoms with van der Waals surface area (Å²) in [5.41, 5.74) is 3.95. The third kappa shape index (κ3) is 6.76. The average Bonchev–Trinajstić information content (AvgIpc) is 3.01. The smallest absolute Gasteiger partial charge is 0.256 e. The Morgan fingerprint density at radius 3 is 2.07 bits per heavy atom. The second-order valence-corrected chi connectivity index (χ2v) is 10.4. The van der Waals surface area contributed by atoms with E-state index >= 15 is 0 Å². The van der Waals surface area contributed by atoms with Gasteiger partial charge in [0.15, 0.2) is 0 Å². The van der Waals surface area contributed by atoms with Crippen LogP contribution in [0.5, 0.6) is 0 Å². The van der Waals surface area contributed by atoms with Crippen LogP contribution in [0.4, 0.5) is 11.4 Å². The van der Waals surface area contributed by atoms with Gasteiger partial charge in [-0.05, 0) is 60.2 Å². The number of hydrogen-bond donors (Lipinski definition) is 1. The molecule has 1 aliphatic heterocycles. The second-order valence-electron chi connectivity index (χ2n) is 9.99. The fourth-order valence-corrected chi connectivity index (χ4v) is 5.04. The van der Waals surface area contributed by atoms with Gasteiger partial charge in [-0.15, -0.1) is 0 Å². The molecule has 1 aliphatic rings. The summed E-state index contributed by atoms with van der Waals surface area (Å²) < 4.78 is 0. The molecule has 5 rings (SSSR count). The van der Waals surface area contributed by atoms with Crippen molar-refractivity contribution >= 4 is 40.7 Å². The zero-order valence-electron chi connectivity index (χ0n) is 22.8. The molecule has 0 unspecified atom stereocenters. The van der Waals surface area contributed by atoms with Crippen molar-refractivity contribution in [2.45, 2.75) is 6.54 Å². The first-order valence-electron chi connectivity index (χ1n) is 13.5. The van der Waals surface area contributed by atoms with Gasteiger partial charge in [0.1, 0.15) is 0 Å². The number of rotatable bonds is 7. The lowest BCUT2D eigenvalue weighted by atomic mass is 10.1. The number of carbonyl (C=O) groups excluding carboxylic acids is 3. The van der Waals surface area contributed by atoms with Crippen molar-refractivity contribution in [2.75, 3.05) is 43.4 Å². The highest BCUT2D eigenvalue weighted by molar-refractivity contribution is 6.30. The third-order valence-corrected chi connectivity index (χ3v) is 7.38. The van der Waals surface area contributed by atoms with Crippen LogP contribution in [0.2, 0.25) is 5.02 Å². The summed E-state index contributed by atoms with van der Waals surface area (Å²) in [5, 5.41) is 3.51. The Balaban J connectivity index is 1.36. The van der Waals surface area contributed by atoms with Gasteiger partial charge in [0.2, 0.25) is 0 Å². The molecule has 0 spiro atoms. The van der Waals surface area contributed by atoms with E-state index in [1.807, 2.05) is 65.6 Å². The maximum atomic E-state index is 13.8. The molecule has 1 heterocycles. The van der Waals surface area contributed by atoms with Crippen molar-refractivity contribution in [2.24, 2.45) is 0 Å². The molecule has 7 nitrogen and oxygen atoms in total. The monoisotopic (exact) mass is 566 g/mol. The zero-order chi connectivity index (χ0) is 28.8. The Morgan fingerprint density at radius 2 is 1.41 bits per heavy atom. The molecule has 41 heavy (non-hydrogen) atoms. The SMILES string of the molecule is CN(Cc1ccccc1)C(=O)c1cc(NC(=O)c2ccccc2)ccc1N1CCN(C(=O)c2ccc(Cl)cc2)CC1. The summed E-state index contributed by atoms with van der Waals surface area (Å²) >= 11 is 5.98. The molecule has 0 saturated carbocycles. The topological polar surface area (TPSA) is 73.0 Å². The molecule has 3 amide bonds. The van der Waals surface area contributed by atoms with Gasteiger partial charge in [0.05, 0.1) is 5.56 Å². The Bertz CT molecular complexity index is 1520. The molecular formula is C33H31ClN4O3. The predicted octanol–water partition coefficient (Wildman–Crippen LogP) is 5.83. The fourth-order valence-electron chi connectivity index (χ4n) is 4.91. The highest BCUT2D eigenvalue weighted by Crippen LogP contribution is 2.28. The molecule has 0 bridgehead atoms. The predicted molar refractivity (Wildman–Crippen MR) is 163 cm³/mol. The lowest BCUT2D eigenvalue weighted by molar-refractivity contribution is 0.0742. The standard InChI is InChI=1S/C33H31ClN4O3/c1-36(23-24-8-4-2-5-9-24)33(41)29-22-28(35-31(39)25-10-6-3-7-11-25)16-17-30(29)37-18-20-38(21-19-37)32(40)26-12-14-27(34)15-13-26/h2-17,22H,18-21,23H2,1H3,(H,35,39). The third-order valence-electron chi connectivity index (χ3n) is 7.13. The quantitative estimate of drug-likeness (QED) is 0.306. The van der Waals surface area contributed by atoms with Gasteiger partial charge < -0.3 is 20.0 Å². The molecule has 4 aromatic carbocycles. The van der Waals surface area contributed by atoms with E-state index < -0.39 is 0 Å². The first-order chi connectivity index (χ1) is 19.9. The summed E-state index contributed by atoms with van der Waals surface area (Å²) in [6.07, 6.45) is 0. The van der Waals surface area contributed by atoms with E-state index in [1.54, 1.807) is 54.4 Å². The molecule has 1 N–H and O–H groups in total. The molecular weight excluding hydrogens is 536 g/mol. The Morgan fingerprint density at radius 1 is 0.780 bits per heavy atom. The van der Waals surface area contributed by atoms with Crippen LogP contribution < -0.4 is 10.2 Å². The van der Waals surface area contributed by atoms with Gasteiger partial charge in [-0.3, -0.25) is 14.4 Å². The van der Waals surface area contributed by atoms with Crippen molar-refractivity contribution < 1.29 is 14.4 Å². The summed E-state index contributed by atoms with van der Waals surface area (Å²) in [6.45, 7) is 2.61. The van der Waals surface area contributed by atoms with Crippen molar-refractivity contribution in [3.8, 4) is 0 Å². The Labute approximate surface area is 244 Å². The normalized spacial score (nSPS) is 13.0. The summed E-state index contributed by atoms with van der Waals surface area (Å²) in [5.74, 6) is -0.442. The Kier molecular flexibility index (Phi) is 8.65. The van der Waals surface area contributed by atoms with E-state index in [9.17, 15) is 14.4 Å². The molecule has 0 atom stereocenters. The summed E-state index contributed by atoms with van der Waals surface area (Å²) in [6, 6.07) is 31.1. The molecule has 1 saturated heterocycles. The van der Waals surface area contributed by atoms with Crippen molar-refractivity contribution in [1.29, 1.82) is 0 Å². The number of nitrogens with one attached hydrogen (secondary N) is 1. The first kappa shape index (κ1) is 27.9. The van der Waals surface area contributed by atoms with Gasteiger partial charge in [0.25, 0.3) is 17.7 Å². The van der Waals surface area contributed by atoms with Crippen molar-refractivity contribution in [3.63, 3.8) is 0 Å². The lowest BCUT2D eigenvalue weighted by Crippen LogP contribution is -2.49. The average molecular weight is 567 g/mol. The van der Waals surface area contributed by atoms with E-state index in [0.717, 1.165) is 11.3 Å². The minimum absolute atomic E-state index is 0.0424. The van der Waals surface area contributed by atoms with Crippen molar-refractivity contribution in [1.82, 2.24) is 9.80 Å². The van der Waals surface area contributed by atoms with Gasteiger partial charge in [-0.25, -0.2) is 0 Å². The zero-order valence-corrected chi connectivity index (χ0v) is 23.6. The van der Waals surface area contributed by atoms with E-state index in [4.69, 9.17) is 11.6 Å². The molecule has 208 valence electrons. The summed E-state index contributed by atoms with van der Waals surface area (Å²) in [4.78, 5) is 45.3. The molecule has 8 heteroatoms. The van der Waals surface area contributed by atoms with Gasteiger partial charge in [-0.1, -0.05) is 60.1 Å². The number of carbonyl (C=O) groups is 3. The number of halogens is 1. The molecule has 1 fully saturated rings. The molecule has 0 radical (unpaired) electrons. The van der Waals surface area contributed by atoms with Crippen LogP contribution in [-0.2, 0) is 6.54 Å². The summed E-state index contributed by atoms with van der Waals surface area (Å²) in [7, 11) is 1.77. The van der Waals surface area contributed by atoms with Crippen LogP contribution in [0, 0.1) is 0 Å². The minimum Gasteiger partial charge on any atom is -0.367 e. The van der Waals surface area contributed by atoms with Crippen LogP contribution in [0.25, 0.3) is 0 Å². The second kappa shape index (κ2) is 12.7. The lowest BCUT2D eigenvalue weighted by Gasteiger charge is -2.37. The highest BCUT2D eigenvalue weighted by Gasteiger charge is 2.26. The number of anilines is 2. The fraction of sp³-hybridized carbons (Fsp3) is 0.182. The molecule has 4 aromatic rings. The number of benzene rings is 4. The van der Waals surface area contributed by atoms with E-state index in [-0.39, 0.29) is 17.7 Å². The largest absolute Gasteiger partial charge is 0.367 e. The number of amides is 3. The van der Waals surface area contributed by atoms with Gasteiger partial charge in [-0.2, -0.15) is 0 Å².